The van der Waals surface area contributed by atoms with Gasteiger partial charge in [-0.25, -0.2) is 4.79 Å². The van der Waals surface area contributed by atoms with Crippen LogP contribution in [-0.4, -0.2) is 23.1 Å². The van der Waals surface area contributed by atoms with Gasteiger partial charge in [-0.05, 0) is 31.2 Å². The molecule has 1 atom stereocenters. The van der Waals surface area contributed by atoms with Gasteiger partial charge in [0.15, 0.2) is 0 Å². The van der Waals surface area contributed by atoms with Crippen molar-refractivity contribution in [2.75, 3.05) is 13.1 Å². The molecule has 1 saturated heterocycles. The average molecular weight is 294 g/mol. The second-order valence-corrected chi connectivity index (χ2v) is 5.22. The van der Waals surface area contributed by atoms with Gasteiger partial charge in [0, 0.05) is 28.0 Å². The van der Waals surface area contributed by atoms with Crippen molar-refractivity contribution >= 4 is 26.8 Å². The van der Waals surface area contributed by atoms with Crippen LogP contribution in [0.5, 0.6) is 0 Å². The number of H-pyrrole nitrogens is 1. The minimum absolute atomic E-state index is 0.266. The molecule has 1 fully saturated rings. The van der Waals surface area contributed by atoms with E-state index in [1.165, 1.54) is 0 Å². The highest BCUT2D eigenvalue weighted by Gasteiger charge is 2.20. The summed E-state index contributed by atoms with van der Waals surface area (Å²) in [6.45, 7) is 1.93. The van der Waals surface area contributed by atoms with Crippen LogP contribution in [0.25, 0.3) is 10.9 Å². The summed E-state index contributed by atoms with van der Waals surface area (Å²) in [7, 11) is 0. The van der Waals surface area contributed by atoms with Crippen LogP contribution in [0.4, 0.5) is 0 Å². The SMILES string of the molecule is O=c1nc2cc(Br)ccc2c(C2CCNC2)[nH]1. The molecule has 0 spiro atoms. The van der Waals surface area contributed by atoms with Crippen molar-refractivity contribution in [3.05, 3.63) is 38.9 Å². The number of rotatable bonds is 1. The third-order valence-electron chi connectivity index (χ3n) is 3.18. The third-order valence-corrected chi connectivity index (χ3v) is 3.68. The molecule has 2 aromatic rings. The maximum atomic E-state index is 11.6. The highest BCUT2D eigenvalue weighted by Crippen LogP contribution is 2.27. The quantitative estimate of drug-likeness (QED) is 0.842. The van der Waals surface area contributed by atoms with E-state index in [2.05, 4.69) is 31.2 Å². The van der Waals surface area contributed by atoms with E-state index in [-0.39, 0.29) is 5.69 Å². The zero-order valence-corrected chi connectivity index (χ0v) is 10.8. The molecule has 0 saturated carbocycles. The Hall–Kier alpha value is -1.20. The maximum absolute atomic E-state index is 11.6. The zero-order valence-electron chi connectivity index (χ0n) is 9.16. The molecule has 1 aromatic heterocycles. The predicted molar refractivity (Wildman–Crippen MR) is 70.3 cm³/mol. The lowest BCUT2D eigenvalue weighted by molar-refractivity contribution is 0.735. The number of benzene rings is 1. The van der Waals surface area contributed by atoms with Gasteiger partial charge in [-0.2, -0.15) is 4.98 Å². The van der Waals surface area contributed by atoms with Crippen molar-refractivity contribution in [2.45, 2.75) is 12.3 Å². The first-order valence-corrected chi connectivity index (χ1v) is 6.43. The van der Waals surface area contributed by atoms with E-state index in [1.54, 1.807) is 0 Å². The highest BCUT2D eigenvalue weighted by molar-refractivity contribution is 9.10. The van der Waals surface area contributed by atoms with Gasteiger partial charge in [-0.1, -0.05) is 15.9 Å². The summed E-state index contributed by atoms with van der Waals surface area (Å²) < 4.78 is 0.943. The molecule has 3 rings (SSSR count). The molecule has 0 amide bonds. The Morgan fingerprint density at radius 3 is 3.06 bits per heavy atom. The first-order valence-electron chi connectivity index (χ1n) is 5.64. The number of fused-ring (bicyclic) bond motifs is 1. The fourth-order valence-electron chi connectivity index (χ4n) is 2.37. The molecule has 5 heteroatoms. The molecule has 1 unspecified atom stereocenters. The Labute approximate surface area is 107 Å². The minimum atomic E-state index is -0.266. The Bertz CT molecular complexity index is 617. The number of aromatic nitrogens is 2. The number of hydrogen-bond acceptors (Lipinski definition) is 3. The van der Waals surface area contributed by atoms with Crippen LogP contribution < -0.4 is 11.0 Å². The summed E-state index contributed by atoms with van der Waals surface area (Å²) in [5.41, 5.74) is 1.50. The van der Waals surface area contributed by atoms with Gasteiger partial charge in [0.05, 0.1) is 5.52 Å². The fourth-order valence-corrected chi connectivity index (χ4v) is 2.72. The fraction of sp³-hybridized carbons (Fsp3) is 0.333. The van der Waals surface area contributed by atoms with E-state index in [1.807, 2.05) is 18.2 Å². The van der Waals surface area contributed by atoms with Gasteiger partial charge >= 0.3 is 5.69 Å². The molecule has 2 N–H and O–H groups in total. The lowest BCUT2D eigenvalue weighted by atomic mass is 10.0. The summed E-state index contributed by atoms with van der Waals surface area (Å²) in [6, 6.07) is 5.88. The molecule has 0 bridgehead atoms. The smallest absolute Gasteiger partial charge is 0.316 e. The lowest BCUT2D eigenvalue weighted by Gasteiger charge is -2.11. The number of nitrogens with zero attached hydrogens (tertiary/aromatic N) is 1. The number of hydrogen-bond donors (Lipinski definition) is 2. The van der Waals surface area contributed by atoms with Crippen molar-refractivity contribution in [3.63, 3.8) is 0 Å². The van der Waals surface area contributed by atoms with Gasteiger partial charge in [0.1, 0.15) is 0 Å². The predicted octanol–water partition coefficient (Wildman–Crippen LogP) is 1.76. The van der Waals surface area contributed by atoms with Crippen molar-refractivity contribution in [3.8, 4) is 0 Å². The molecule has 1 aliphatic rings. The van der Waals surface area contributed by atoms with Gasteiger partial charge < -0.3 is 10.3 Å². The first-order chi connectivity index (χ1) is 8.24. The molecular weight excluding hydrogens is 282 g/mol. The van der Waals surface area contributed by atoms with Crippen LogP contribution in [0.3, 0.4) is 0 Å². The summed E-state index contributed by atoms with van der Waals surface area (Å²) >= 11 is 3.40. The Morgan fingerprint density at radius 2 is 2.29 bits per heavy atom. The average Bonchev–Trinajstić information content (AvgIpc) is 2.80. The maximum Gasteiger partial charge on any atom is 0.345 e. The van der Waals surface area contributed by atoms with Gasteiger partial charge in [0.2, 0.25) is 0 Å². The molecule has 88 valence electrons. The summed E-state index contributed by atoms with van der Waals surface area (Å²) in [6.07, 6.45) is 1.06. The molecule has 4 nitrogen and oxygen atoms in total. The molecule has 1 aliphatic heterocycles. The third kappa shape index (κ3) is 2.00. The van der Waals surface area contributed by atoms with E-state index in [0.29, 0.717) is 5.92 Å². The van der Waals surface area contributed by atoms with Crippen LogP contribution in [0.2, 0.25) is 0 Å². The van der Waals surface area contributed by atoms with E-state index in [4.69, 9.17) is 0 Å². The highest BCUT2D eigenvalue weighted by atomic mass is 79.9. The van der Waals surface area contributed by atoms with Gasteiger partial charge in [0.25, 0.3) is 0 Å². The van der Waals surface area contributed by atoms with Crippen LogP contribution in [0, 0.1) is 0 Å². The Morgan fingerprint density at radius 1 is 1.41 bits per heavy atom. The Balaban J connectivity index is 2.25. The standard InChI is InChI=1S/C12H12BrN3O/c13-8-1-2-9-10(5-8)15-12(17)16-11(9)7-3-4-14-6-7/h1-2,5,7,14H,3-4,6H2,(H,15,16,17). The molecule has 0 aliphatic carbocycles. The van der Waals surface area contributed by atoms with Crippen molar-refractivity contribution < 1.29 is 0 Å². The topological polar surface area (TPSA) is 57.8 Å². The molecule has 2 heterocycles. The second kappa shape index (κ2) is 4.23. The summed E-state index contributed by atoms with van der Waals surface area (Å²) in [4.78, 5) is 18.5. The number of halogens is 1. The van der Waals surface area contributed by atoms with E-state index in [9.17, 15) is 4.79 Å². The van der Waals surface area contributed by atoms with E-state index < -0.39 is 0 Å². The Kier molecular flexibility index (Phi) is 2.72. The largest absolute Gasteiger partial charge is 0.345 e. The lowest BCUT2D eigenvalue weighted by Crippen LogP contribution is -2.17. The van der Waals surface area contributed by atoms with Gasteiger partial charge in [-0.15, -0.1) is 0 Å². The molecule has 17 heavy (non-hydrogen) atoms. The van der Waals surface area contributed by atoms with Gasteiger partial charge in [-0.3, -0.25) is 0 Å². The second-order valence-electron chi connectivity index (χ2n) is 4.31. The van der Waals surface area contributed by atoms with E-state index >= 15 is 0 Å². The number of nitrogens with one attached hydrogen (secondary N) is 2. The van der Waals surface area contributed by atoms with E-state index in [0.717, 1.165) is 40.6 Å². The van der Waals surface area contributed by atoms with Crippen LogP contribution in [0.1, 0.15) is 18.0 Å². The van der Waals surface area contributed by atoms with Crippen molar-refractivity contribution in [1.29, 1.82) is 0 Å². The summed E-state index contributed by atoms with van der Waals surface area (Å²) in [5.74, 6) is 0.384. The zero-order chi connectivity index (χ0) is 11.8. The normalized spacial score (nSPS) is 19.9. The first kappa shape index (κ1) is 10.9. The van der Waals surface area contributed by atoms with Crippen LogP contribution >= 0.6 is 15.9 Å². The minimum Gasteiger partial charge on any atom is -0.316 e. The van der Waals surface area contributed by atoms with Crippen LogP contribution in [-0.2, 0) is 0 Å². The molecular formula is C12H12BrN3O. The molecule has 1 aromatic carbocycles. The van der Waals surface area contributed by atoms with Crippen LogP contribution in [0.15, 0.2) is 27.5 Å². The number of aromatic amines is 1. The van der Waals surface area contributed by atoms with Crippen molar-refractivity contribution in [1.82, 2.24) is 15.3 Å². The monoisotopic (exact) mass is 293 g/mol. The molecule has 0 radical (unpaired) electrons. The van der Waals surface area contributed by atoms with Crippen molar-refractivity contribution in [2.24, 2.45) is 0 Å². The summed E-state index contributed by atoms with van der Waals surface area (Å²) in [5, 5.41) is 4.36.